The number of aromatic nitrogens is 2. The zero-order valence-electron chi connectivity index (χ0n) is 40.2. The van der Waals surface area contributed by atoms with E-state index >= 15 is 0 Å². The summed E-state index contributed by atoms with van der Waals surface area (Å²) < 4.78 is 2.52. The first-order chi connectivity index (χ1) is 30.1. The summed E-state index contributed by atoms with van der Waals surface area (Å²) in [5.74, 6) is 5.33. The van der Waals surface area contributed by atoms with Crippen LogP contribution in [-0.2, 0) is 19.4 Å². The minimum Gasteiger partial charge on any atom is -0.389 e. The van der Waals surface area contributed by atoms with Crippen molar-refractivity contribution in [3.05, 3.63) is 114 Å². The Morgan fingerprint density at radius 3 is 2.49 bits per heavy atom. The van der Waals surface area contributed by atoms with Gasteiger partial charge in [0.2, 0.25) is 0 Å². The first kappa shape index (κ1) is 47.7. The van der Waals surface area contributed by atoms with Crippen LogP contribution in [0.15, 0.2) is 91.6 Å². The Morgan fingerprint density at radius 2 is 1.83 bits per heavy atom. The van der Waals surface area contributed by atoms with Crippen LogP contribution < -0.4 is 21.8 Å². The average Bonchev–Trinajstić information content (AvgIpc) is 3.54. The molecule has 2 aromatic carbocycles. The average molecular weight is 850 g/mol. The van der Waals surface area contributed by atoms with E-state index in [0.717, 1.165) is 87.5 Å². The Labute approximate surface area is 381 Å². The number of fused-ring (bicyclic) bond motifs is 1. The molecule has 0 bridgehead atoms. The molecule has 0 radical (unpaired) electrons. The van der Waals surface area contributed by atoms with Gasteiger partial charge in [0.1, 0.15) is 0 Å². The number of nitrogens with one attached hydrogen (secondary N) is 3. The Kier molecular flexibility index (Phi) is 16.1. The molecule has 2 aliphatic rings. The van der Waals surface area contributed by atoms with Crippen LogP contribution in [0.25, 0.3) is 33.3 Å². The Bertz CT molecular complexity index is 2250. The number of nitrogens with zero attached hydrogens (tertiary/aromatic N) is 3. The van der Waals surface area contributed by atoms with Gasteiger partial charge in [0.05, 0.1) is 17.4 Å². The van der Waals surface area contributed by atoms with Gasteiger partial charge >= 0.3 is 0 Å². The number of allylic oxidation sites excluding steroid dienone is 1. The van der Waals surface area contributed by atoms with E-state index in [2.05, 4.69) is 142 Å². The quantitative estimate of drug-likeness (QED) is 0.0590. The molecule has 338 valence electrons. The molecular weight excluding hydrogens is 771 g/mol. The first-order valence-electron chi connectivity index (χ1n) is 24.1. The van der Waals surface area contributed by atoms with Crippen molar-refractivity contribution in [2.24, 2.45) is 34.8 Å². The number of pyridine rings is 1. The van der Waals surface area contributed by atoms with Crippen LogP contribution in [0.3, 0.4) is 0 Å². The maximum absolute atomic E-state index is 5.82. The first-order valence-corrected chi connectivity index (χ1v) is 24.1. The summed E-state index contributed by atoms with van der Waals surface area (Å²) >= 11 is 0. The highest BCUT2D eigenvalue weighted by molar-refractivity contribution is 5.95. The molecule has 5 N–H and O–H groups in total. The van der Waals surface area contributed by atoms with Gasteiger partial charge in [0.25, 0.3) is 0 Å². The van der Waals surface area contributed by atoms with Crippen molar-refractivity contribution in [1.29, 1.82) is 0 Å². The number of rotatable bonds is 22. The van der Waals surface area contributed by atoms with E-state index in [1.807, 2.05) is 6.20 Å². The zero-order valence-corrected chi connectivity index (χ0v) is 40.2. The predicted molar refractivity (Wildman–Crippen MR) is 269 cm³/mol. The Balaban J connectivity index is 1.34. The van der Waals surface area contributed by atoms with E-state index < -0.39 is 0 Å². The molecule has 6 rings (SSSR count). The molecule has 2 fully saturated rings. The predicted octanol–water partition coefficient (Wildman–Crippen LogP) is 11.7. The molecule has 3 heterocycles. The highest BCUT2D eigenvalue weighted by atomic mass is 15.5. The molecule has 1 aliphatic heterocycles. The van der Waals surface area contributed by atoms with Gasteiger partial charge < -0.3 is 25.9 Å². The second-order valence-electron chi connectivity index (χ2n) is 20.2. The van der Waals surface area contributed by atoms with E-state index in [1.54, 1.807) is 0 Å². The molecule has 1 aliphatic carbocycles. The van der Waals surface area contributed by atoms with Crippen molar-refractivity contribution in [1.82, 2.24) is 30.6 Å². The number of aryl methyl sites for hydroxylation is 2. The standard InChI is InChI=1S/C56H79N7/c1-13-15-23-56(11,12)35-50-49-34-45(20-21-52(49)62(14-2)55(50)48-19-18-25-58-54(48)38(5)6)46-29-39(7)28-43(30-46)33-51(42(10)63-27-17-16-26-60-63)61-41(9)53(37(3)4)47-31-44(32-47)36-59-40(8)22-24-57/h1,18-21,25,28-30,34,37-38,44,47,51,53,59-61H,8-10,14-17,22-24,26-27,31-33,35-36,57H2,2-7,11-12H3. The Morgan fingerprint density at radius 1 is 1.05 bits per heavy atom. The topological polar surface area (TPSA) is 83.2 Å². The van der Waals surface area contributed by atoms with Crippen LogP contribution >= 0.6 is 0 Å². The molecule has 1 saturated carbocycles. The number of benzene rings is 2. The minimum atomic E-state index is -0.00812. The molecule has 63 heavy (non-hydrogen) atoms. The minimum absolute atomic E-state index is 0.00812. The number of hydrogen-bond acceptors (Lipinski definition) is 6. The number of hydrogen-bond donors (Lipinski definition) is 4. The maximum atomic E-state index is 5.82. The van der Waals surface area contributed by atoms with E-state index in [9.17, 15) is 0 Å². The van der Waals surface area contributed by atoms with E-state index in [0.29, 0.717) is 36.1 Å². The molecule has 7 nitrogen and oxygen atoms in total. The summed E-state index contributed by atoms with van der Waals surface area (Å²) in [6.07, 6.45) is 16.8. The molecule has 1 saturated heterocycles. The largest absolute Gasteiger partial charge is 0.389 e. The molecule has 2 unspecified atom stereocenters. The lowest BCUT2D eigenvalue weighted by atomic mass is 9.64. The smallest absolute Gasteiger partial charge is 0.0707 e. The molecule has 0 amide bonds. The number of nitrogens with two attached hydrogens (primary N) is 1. The van der Waals surface area contributed by atoms with E-state index in [4.69, 9.17) is 30.3 Å². The van der Waals surface area contributed by atoms with Gasteiger partial charge in [0.15, 0.2) is 0 Å². The van der Waals surface area contributed by atoms with Crippen molar-refractivity contribution < 1.29 is 0 Å². The summed E-state index contributed by atoms with van der Waals surface area (Å²) in [6, 6.07) is 18.6. The van der Waals surface area contributed by atoms with E-state index in [-0.39, 0.29) is 11.5 Å². The Hall–Kier alpha value is -4.77. The monoisotopic (exact) mass is 850 g/mol. The fourth-order valence-electron chi connectivity index (χ4n) is 10.6. The van der Waals surface area contributed by atoms with Gasteiger partial charge in [-0.05, 0) is 147 Å². The molecule has 2 aromatic heterocycles. The summed E-state index contributed by atoms with van der Waals surface area (Å²) in [4.78, 5) is 4.94. The fourth-order valence-corrected chi connectivity index (χ4v) is 10.6. The van der Waals surface area contributed by atoms with Crippen molar-refractivity contribution in [2.45, 2.75) is 132 Å². The van der Waals surface area contributed by atoms with Gasteiger partial charge in [-0.25, -0.2) is 5.43 Å². The second-order valence-corrected chi connectivity index (χ2v) is 20.2. The molecule has 0 spiro atoms. The zero-order chi connectivity index (χ0) is 45.4. The lowest BCUT2D eigenvalue weighted by molar-refractivity contribution is 0.110. The SMILES string of the molecule is C#CCCC(C)(C)Cc1c(-c2cccnc2C(C)C)n(CC)c2ccc(-c3cc(C)cc(CC(NC(=C)C(C(C)C)C4CC(CNC(=C)CCN)C4)C(=C)N4CCCCN4)c3)cc12. The summed E-state index contributed by atoms with van der Waals surface area (Å²) in [6.45, 7) is 36.5. The molecular formula is C56H79N7. The molecule has 4 aromatic rings. The third kappa shape index (κ3) is 11.5. The van der Waals surface area contributed by atoms with Crippen LogP contribution in [0, 0.1) is 48.4 Å². The lowest BCUT2D eigenvalue weighted by Gasteiger charge is -2.44. The third-order valence-corrected chi connectivity index (χ3v) is 13.8. The van der Waals surface area contributed by atoms with Crippen molar-refractivity contribution in [3.63, 3.8) is 0 Å². The van der Waals surface area contributed by atoms with Gasteiger partial charge in [0, 0.05) is 78.3 Å². The van der Waals surface area contributed by atoms with Crippen LogP contribution in [0.2, 0.25) is 0 Å². The van der Waals surface area contributed by atoms with Crippen LogP contribution in [-0.4, -0.2) is 46.8 Å². The second kappa shape index (κ2) is 21.3. The number of hydrazine groups is 1. The maximum Gasteiger partial charge on any atom is 0.0707 e. The van der Waals surface area contributed by atoms with Gasteiger partial charge in [-0.15, -0.1) is 12.3 Å². The normalized spacial score (nSPS) is 17.7. The lowest BCUT2D eigenvalue weighted by Crippen LogP contribution is -2.49. The van der Waals surface area contributed by atoms with Crippen molar-refractivity contribution in [3.8, 4) is 34.7 Å². The van der Waals surface area contributed by atoms with Crippen LogP contribution in [0.5, 0.6) is 0 Å². The van der Waals surface area contributed by atoms with Crippen molar-refractivity contribution >= 4 is 10.9 Å². The van der Waals surface area contributed by atoms with Gasteiger partial charge in [-0.3, -0.25) is 4.98 Å². The summed E-state index contributed by atoms with van der Waals surface area (Å²) in [5.41, 5.74) is 24.0. The third-order valence-electron chi connectivity index (χ3n) is 13.8. The van der Waals surface area contributed by atoms with Crippen LogP contribution in [0.4, 0.5) is 0 Å². The van der Waals surface area contributed by atoms with Crippen molar-refractivity contribution in [2.75, 3.05) is 26.2 Å². The molecule has 2 atom stereocenters. The highest BCUT2D eigenvalue weighted by Gasteiger charge is 2.38. The molecule has 7 heteroatoms. The fraction of sp³-hybridized carbons (Fsp3) is 0.518. The van der Waals surface area contributed by atoms with Crippen LogP contribution in [0.1, 0.15) is 122 Å². The summed E-state index contributed by atoms with van der Waals surface area (Å²) in [7, 11) is 0. The van der Waals surface area contributed by atoms with Gasteiger partial charge in [-0.1, -0.05) is 91.1 Å². The highest BCUT2D eigenvalue weighted by Crippen LogP contribution is 2.45. The van der Waals surface area contributed by atoms with Gasteiger partial charge in [-0.2, -0.15) is 0 Å². The summed E-state index contributed by atoms with van der Waals surface area (Å²) in [5, 5.41) is 11.2. The van der Waals surface area contributed by atoms with E-state index in [1.165, 1.54) is 69.2 Å². The number of terminal acetylenes is 1.